The molecule has 2 N–H and O–H groups in total. The van der Waals surface area contributed by atoms with E-state index in [1.807, 2.05) is 0 Å². The molecule has 0 spiro atoms. The Labute approximate surface area is 148 Å². The summed E-state index contributed by atoms with van der Waals surface area (Å²) in [6.45, 7) is 1.34. The molecule has 2 rings (SSSR count). The van der Waals surface area contributed by atoms with Gasteiger partial charge in [-0.1, -0.05) is 29.3 Å². The quantitative estimate of drug-likeness (QED) is 0.845. The molecule has 1 atom stereocenters. The number of amides is 2. The number of hydrogen-bond donors (Lipinski definition) is 2. The Bertz CT molecular complexity index is 750. The summed E-state index contributed by atoms with van der Waals surface area (Å²) in [5.41, 5.74) is -1.38. The number of aliphatic carboxylic acids is 1. The van der Waals surface area contributed by atoms with E-state index < -0.39 is 17.4 Å². The van der Waals surface area contributed by atoms with E-state index in [-0.39, 0.29) is 40.1 Å². The summed E-state index contributed by atoms with van der Waals surface area (Å²) in [7, 11) is 1.43. The van der Waals surface area contributed by atoms with Gasteiger partial charge in [0.1, 0.15) is 5.71 Å². The lowest BCUT2D eigenvalue weighted by Crippen LogP contribution is -2.52. The summed E-state index contributed by atoms with van der Waals surface area (Å²) in [6, 6.07) is 4.31. The molecule has 1 heterocycles. The van der Waals surface area contributed by atoms with Gasteiger partial charge >= 0.3 is 5.97 Å². The third-order valence-electron chi connectivity index (χ3n) is 3.76. The van der Waals surface area contributed by atoms with Gasteiger partial charge in [-0.15, -0.1) is 0 Å². The van der Waals surface area contributed by atoms with Crippen LogP contribution in [0.1, 0.15) is 25.3 Å². The van der Waals surface area contributed by atoms with Gasteiger partial charge in [0.25, 0.3) is 5.91 Å². The number of carbonyl (C=O) groups excluding carboxylic acids is 2. The second kappa shape index (κ2) is 6.78. The van der Waals surface area contributed by atoms with Gasteiger partial charge in [-0.2, -0.15) is 5.10 Å². The van der Waals surface area contributed by atoms with Crippen LogP contribution in [0, 0.1) is 0 Å². The molecule has 1 aromatic rings. The largest absolute Gasteiger partial charge is 0.479 e. The monoisotopic (exact) mass is 371 g/mol. The molecule has 1 aliphatic rings. The molecular weight excluding hydrogens is 357 g/mol. The van der Waals surface area contributed by atoms with Crippen LogP contribution < -0.4 is 5.32 Å². The number of nitrogens with one attached hydrogen (secondary N) is 1. The van der Waals surface area contributed by atoms with Crippen LogP contribution in [0.4, 0.5) is 0 Å². The smallest absolute Gasteiger partial charge is 0.333 e. The van der Waals surface area contributed by atoms with Crippen molar-refractivity contribution in [2.75, 3.05) is 7.05 Å². The first kappa shape index (κ1) is 18.2. The fourth-order valence-corrected chi connectivity index (χ4v) is 2.49. The van der Waals surface area contributed by atoms with Crippen LogP contribution in [0.5, 0.6) is 0 Å². The van der Waals surface area contributed by atoms with E-state index >= 15 is 0 Å². The molecule has 1 aromatic carbocycles. The normalized spacial score (nSPS) is 17.1. The number of carboxylic acids is 1. The minimum atomic E-state index is -1.73. The van der Waals surface area contributed by atoms with Crippen LogP contribution in [0.2, 0.25) is 10.0 Å². The molecule has 2 amide bonds. The number of rotatable bonds is 4. The van der Waals surface area contributed by atoms with Gasteiger partial charge in [0.2, 0.25) is 5.91 Å². The fourth-order valence-electron chi connectivity index (χ4n) is 2.19. The zero-order valence-electron chi connectivity index (χ0n) is 13.0. The SMILES string of the molecule is CN1N=C(C(=O)NC(C)(C(=O)O)c2ccc(Cl)c(Cl)c2)CCC1=O. The maximum atomic E-state index is 12.4. The predicted octanol–water partition coefficient (Wildman–Crippen LogP) is 2.02. The standard InChI is InChI=1S/C15H15Cl2N3O4/c1-15(14(23)24,8-3-4-9(16)10(17)7-8)18-13(22)11-5-6-12(21)20(2)19-11/h3-4,7H,5-6H2,1-2H3,(H,18,22)(H,23,24). The van der Waals surface area contributed by atoms with Gasteiger partial charge in [0.05, 0.1) is 10.0 Å². The Hall–Kier alpha value is -2.12. The third-order valence-corrected chi connectivity index (χ3v) is 4.50. The van der Waals surface area contributed by atoms with Crippen LogP contribution in [0.25, 0.3) is 0 Å². The number of hydrogen-bond acceptors (Lipinski definition) is 4. The lowest BCUT2D eigenvalue weighted by Gasteiger charge is -2.28. The molecule has 1 aliphatic heterocycles. The summed E-state index contributed by atoms with van der Waals surface area (Å²) >= 11 is 11.8. The number of halogens is 2. The zero-order valence-corrected chi connectivity index (χ0v) is 14.5. The van der Waals surface area contributed by atoms with E-state index in [1.54, 1.807) is 0 Å². The highest BCUT2D eigenvalue weighted by atomic mass is 35.5. The Morgan fingerprint density at radius 3 is 2.50 bits per heavy atom. The molecule has 0 radical (unpaired) electrons. The van der Waals surface area contributed by atoms with Gasteiger partial charge in [0, 0.05) is 19.9 Å². The van der Waals surface area contributed by atoms with Crippen molar-refractivity contribution in [1.82, 2.24) is 10.3 Å². The lowest BCUT2D eigenvalue weighted by atomic mass is 9.91. The van der Waals surface area contributed by atoms with E-state index in [4.69, 9.17) is 23.2 Å². The average molecular weight is 372 g/mol. The summed E-state index contributed by atoms with van der Waals surface area (Å²) in [5.74, 6) is -2.14. The van der Waals surface area contributed by atoms with Gasteiger partial charge in [-0.05, 0) is 24.6 Å². The van der Waals surface area contributed by atoms with Crippen LogP contribution in [0.3, 0.4) is 0 Å². The molecule has 9 heteroatoms. The van der Waals surface area contributed by atoms with E-state index in [0.717, 1.165) is 5.01 Å². The van der Waals surface area contributed by atoms with Crippen LogP contribution in [-0.4, -0.2) is 40.7 Å². The maximum absolute atomic E-state index is 12.4. The molecule has 0 fully saturated rings. The van der Waals surface area contributed by atoms with Crippen molar-refractivity contribution in [3.63, 3.8) is 0 Å². The summed E-state index contributed by atoms with van der Waals surface area (Å²) in [4.78, 5) is 35.6. The van der Waals surface area contributed by atoms with Crippen molar-refractivity contribution in [3.05, 3.63) is 33.8 Å². The Morgan fingerprint density at radius 1 is 1.29 bits per heavy atom. The first-order valence-corrected chi connectivity index (χ1v) is 7.76. The molecule has 1 unspecified atom stereocenters. The summed E-state index contributed by atoms with van der Waals surface area (Å²) < 4.78 is 0. The minimum absolute atomic E-state index is 0.0876. The molecular formula is C15H15Cl2N3O4. The Kier molecular flexibility index (Phi) is 5.15. The molecule has 0 saturated heterocycles. The average Bonchev–Trinajstić information content (AvgIpc) is 2.52. The van der Waals surface area contributed by atoms with E-state index in [0.29, 0.717) is 0 Å². The van der Waals surface area contributed by atoms with Crippen molar-refractivity contribution in [3.8, 4) is 0 Å². The molecule has 24 heavy (non-hydrogen) atoms. The maximum Gasteiger partial charge on any atom is 0.333 e. The van der Waals surface area contributed by atoms with Crippen LogP contribution in [0.15, 0.2) is 23.3 Å². The first-order valence-electron chi connectivity index (χ1n) is 7.00. The number of nitrogens with zero attached hydrogens (tertiary/aromatic N) is 2. The second-order valence-electron chi connectivity index (χ2n) is 5.48. The van der Waals surface area contributed by atoms with Crippen LogP contribution in [-0.2, 0) is 19.9 Å². The van der Waals surface area contributed by atoms with Gasteiger partial charge in [-0.3, -0.25) is 9.59 Å². The Morgan fingerprint density at radius 2 is 1.96 bits per heavy atom. The second-order valence-corrected chi connectivity index (χ2v) is 6.29. The molecule has 0 aromatic heterocycles. The van der Waals surface area contributed by atoms with Crippen molar-refractivity contribution < 1.29 is 19.5 Å². The number of carboxylic acid groups (broad SMARTS) is 1. The van der Waals surface area contributed by atoms with Gasteiger partial charge in [0.15, 0.2) is 5.54 Å². The molecule has 0 aliphatic carbocycles. The molecule has 128 valence electrons. The number of carbonyl (C=O) groups is 3. The summed E-state index contributed by atoms with van der Waals surface area (Å²) in [6.07, 6.45) is 0.283. The van der Waals surface area contributed by atoms with Gasteiger partial charge < -0.3 is 10.4 Å². The number of hydrazone groups is 1. The highest BCUT2D eigenvalue weighted by molar-refractivity contribution is 6.42. The summed E-state index contributed by atoms with van der Waals surface area (Å²) in [5, 5.41) is 17.4. The third kappa shape index (κ3) is 3.52. The lowest BCUT2D eigenvalue weighted by molar-refractivity contribution is -0.146. The van der Waals surface area contributed by atoms with Crippen molar-refractivity contribution in [2.24, 2.45) is 5.10 Å². The van der Waals surface area contributed by atoms with Crippen molar-refractivity contribution in [2.45, 2.75) is 25.3 Å². The molecule has 0 bridgehead atoms. The Balaban J connectivity index is 2.32. The van der Waals surface area contributed by atoms with E-state index in [1.165, 1.54) is 32.2 Å². The van der Waals surface area contributed by atoms with Crippen molar-refractivity contribution >= 4 is 46.7 Å². The van der Waals surface area contributed by atoms with Crippen molar-refractivity contribution in [1.29, 1.82) is 0 Å². The number of benzene rings is 1. The van der Waals surface area contributed by atoms with E-state index in [2.05, 4.69) is 10.4 Å². The highest BCUT2D eigenvalue weighted by Gasteiger charge is 2.38. The van der Waals surface area contributed by atoms with Gasteiger partial charge in [-0.25, -0.2) is 9.80 Å². The zero-order chi connectivity index (χ0) is 18.1. The topological polar surface area (TPSA) is 99.1 Å². The van der Waals surface area contributed by atoms with E-state index in [9.17, 15) is 19.5 Å². The minimum Gasteiger partial charge on any atom is -0.479 e. The molecule has 7 nitrogen and oxygen atoms in total. The first-order chi connectivity index (χ1) is 11.1. The predicted molar refractivity (Wildman–Crippen MR) is 89.0 cm³/mol. The highest BCUT2D eigenvalue weighted by Crippen LogP contribution is 2.29. The fraction of sp³-hybridized carbons (Fsp3) is 0.333. The van der Waals surface area contributed by atoms with Crippen LogP contribution >= 0.6 is 23.2 Å². The molecule has 0 saturated carbocycles.